The number of carbonyl (C=O) groups excluding carboxylic acids is 1. The van der Waals surface area contributed by atoms with Crippen molar-refractivity contribution in [1.82, 2.24) is 4.90 Å². The van der Waals surface area contributed by atoms with Crippen molar-refractivity contribution in [1.29, 1.82) is 0 Å². The highest BCUT2D eigenvalue weighted by Crippen LogP contribution is 2.44. The second kappa shape index (κ2) is 6.02. The summed E-state index contributed by atoms with van der Waals surface area (Å²) in [5.41, 5.74) is 1.51. The highest BCUT2D eigenvalue weighted by Gasteiger charge is 2.41. The number of hydrogen-bond donors (Lipinski definition) is 0. The van der Waals surface area contributed by atoms with Crippen LogP contribution in [0.3, 0.4) is 0 Å². The molecule has 3 nitrogen and oxygen atoms in total. The van der Waals surface area contributed by atoms with Crippen LogP contribution < -0.4 is 0 Å². The van der Waals surface area contributed by atoms with Gasteiger partial charge in [-0.1, -0.05) is 19.1 Å². The second-order valence-electron chi connectivity index (χ2n) is 6.56. The van der Waals surface area contributed by atoms with Gasteiger partial charge >= 0.3 is 5.97 Å². The Labute approximate surface area is 122 Å². The van der Waals surface area contributed by atoms with Crippen LogP contribution in [0.1, 0.15) is 47.0 Å². The number of likely N-dealkylation sites (tertiary alicyclic amines) is 1. The summed E-state index contributed by atoms with van der Waals surface area (Å²) >= 11 is 0. The fourth-order valence-electron chi connectivity index (χ4n) is 3.71. The SMILES string of the molecule is CCOC(=O)CCN1C2=CC=CCC2C(C)CC1(C)C. The molecular formula is C17H27NO2. The van der Waals surface area contributed by atoms with E-state index in [9.17, 15) is 4.79 Å². The fourth-order valence-corrected chi connectivity index (χ4v) is 3.71. The molecule has 2 aliphatic rings. The first kappa shape index (κ1) is 15.1. The lowest BCUT2D eigenvalue weighted by Gasteiger charge is -2.52. The van der Waals surface area contributed by atoms with Gasteiger partial charge in [-0.15, -0.1) is 0 Å². The Morgan fingerprint density at radius 1 is 1.50 bits per heavy atom. The van der Waals surface area contributed by atoms with E-state index in [1.54, 1.807) is 0 Å². The van der Waals surface area contributed by atoms with Gasteiger partial charge in [-0.25, -0.2) is 0 Å². The molecule has 3 heteroatoms. The quantitative estimate of drug-likeness (QED) is 0.736. The molecule has 112 valence electrons. The largest absolute Gasteiger partial charge is 0.466 e. The van der Waals surface area contributed by atoms with Crippen LogP contribution in [-0.2, 0) is 9.53 Å². The van der Waals surface area contributed by atoms with E-state index >= 15 is 0 Å². The van der Waals surface area contributed by atoms with E-state index in [-0.39, 0.29) is 11.5 Å². The Balaban J connectivity index is 2.12. The molecule has 0 spiro atoms. The van der Waals surface area contributed by atoms with Crippen LogP contribution in [0.2, 0.25) is 0 Å². The molecule has 0 saturated carbocycles. The van der Waals surface area contributed by atoms with Gasteiger partial charge in [-0.3, -0.25) is 4.79 Å². The Hall–Kier alpha value is -1.25. The van der Waals surface area contributed by atoms with E-state index in [1.807, 2.05) is 6.92 Å². The first-order valence-corrected chi connectivity index (χ1v) is 7.75. The Morgan fingerprint density at radius 3 is 2.95 bits per heavy atom. The molecule has 2 unspecified atom stereocenters. The maximum absolute atomic E-state index is 11.6. The maximum atomic E-state index is 11.6. The van der Waals surface area contributed by atoms with Gasteiger partial charge in [0, 0.05) is 23.7 Å². The van der Waals surface area contributed by atoms with Crippen LogP contribution in [0, 0.1) is 11.8 Å². The minimum absolute atomic E-state index is 0.0922. The third-order valence-corrected chi connectivity index (χ3v) is 4.57. The van der Waals surface area contributed by atoms with Crippen molar-refractivity contribution in [3.63, 3.8) is 0 Å². The molecule has 0 aromatic carbocycles. The van der Waals surface area contributed by atoms with E-state index in [4.69, 9.17) is 4.74 Å². The molecule has 0 bridgehead atoms. The van der Waals surface area contributed by atoms with E-state index in [1.165, 1.54) is 12.1 Å². The zero-order valence-electron chi connectivity index (χ0n) is 13.2. The second-order valence-corrected chi connectivity index (χ2v) is 6.56. The van der Waals surface area contributed by atoms with Gasteiger partial charge in [0.15, 0.2) is 0 Å². The number of nitrogens with zero attached hydrogens (tertiary/aromatic N) is 1. The third kappa shape index (κ3) is 3.08. The summed E-state index contributed by atoms with van der Waals surface area (Å²) in [5, 5.41) is 0. The zero-order chi connectivity index (χ0) is 14.8. The molecule has 2 rings (SSSR count). The van der Waals surface area contributed by atoms with Crippen LogP contribution in [0.4, 0.5) is 0 Å². The van der Waals surface area contributed by atoms with Crippen molar-refractivity contribution in [2.75, 3.05) is 13.2 Å². The summed E-state index contributed by atoms with van der Waals surface area (Å²) in [4.78, 5) is 14.1. The van der Waals surface area contributed by atoms with Gasteiger partial charge < -0.3 is 9.64 Å². The topological polar surface area (TPSA) is 29.5 Å². The summed E-state index contributed by atoms with van der Waals surface area (Å²) in [6, 6.07) is 0. The summed E-state index contributed by atoms with van der Waals surface area (Å²) in [7, 11) is 0. The number of hydrogen-bond acceptors (Lipinski definition) is 3. The minimum atomic E-state index is -0.0922. The Kier molecular flexibility index (Phi) is 4.56. The standard InChI is InChI=1S/C17H27NO2/c1-5-20-16(19)10-11-18-15-9-7-6-8-14(15)13(2)12-17(18,3)4/h6-7,9,13-14H,5,8,10-12H2,1-4H3. The maximum Gasteiger partial charge on any atom is 0.307 e. The molecule has 0 radical (unpaired) electrons. The monoisotopic (exact) mass is 277 g/mol. The van der Waals surface area contributed by atoms with Gasteiger partial charge in [0.25, 0.3) is 0 Å². The first-order valence-electron chi connectivity index (χ1n) is 7.75. The average Bonchev–Trinajstić information content (AvgIpc) is 2.38. The highest BCUT2D eigenvalue weighted by atomic mass is 16.5. The van der Waals surface area contributed by atoms with E-state index in [2.05, 4.69) is 43.9 Å². The molecular weight excluding hydrogens is 250 g/mol. The number of piperidine rings is 1. The lowest BCUT2D eigenvalue weighted by Crippen LogP contribution is -2.52. The normalized spacial score (nSPS) is 27.8. The van der Waals surface area contributed by atoms with Gasteiger partial charge in [0.2, 0.25) is 0 Å². The number of esters is 1. The summed E-state index contributed by atoms with van der Waals surface area (Å²) in [5.74, 6) is 1.21. The number of rotatable bonds is 4. The smallest absolute Gasteiger partial charge is 0.307 e. The molecule has 1 heterocycles. The van der Waals surface area contributed by atoms with Crippen LogP contribution >= 0.6 is 0 Å². The van der Waals surface area contributed by atoms with Crippen molar-refractivity contribution < 1.29 is 9.53 Å². The predicted molar refractivity (Wildman–Crippen MR) is 81.1 cm³/mol. The molecule has 1 fully saturated rings. The summed E-state index contributed by atoms with van der Waals surface area (Å²) < 4.78 is 5.06. The van der Waals surface area contributed by atoms with Crippen molar-refractivity contribution in [2.24, 2.45) is 11.8 Å². The van der Waals surface area contributed by atoms with E-state index < -0.39 is 0 Å². The van der Waals surface area contributed by atoms with Crippen LogP contribution in [-0.4, -0.2) is 29.6 Å². The number of ether oxygens (including phenoxy) is 1. The Morgan fingerprint density at radius 2 is 2.25 bits per heavy atom. The lowest BCUT2D eigenvalue weighted by atomic mass is 9.72. The number of carbonyl (C=O) groups is 1. The van der Waals surface area contributed by atoms with Crippen molar-refractivity contribution in [3.8, 4) is 0 Å². The molecule has 0 aromatic heterocycles. The first-order chi connectivity index (χ1) is 9.45. The van der Waals surface area contributed by atoms with Crippen molar-refractivity contribution >= 4 is 5.97 Å². The number of fused-ring (bicyclic) bond motifs is 1. The van der Waals surface area contributed by atoms with E-state index in [0.29, 0.717) is 24.9 Å². The molecule has 20 heavy (non-hydrogen) atoms. The molecule has 0 N–H and O–H groups in total. The molecule has 0 aromatic rings. The highest BCUT2D eigenvalue weighted by molar-refractivity contribution is 5.69. The van der Waals surface area contributed by atoms with Crippen LogP contribution in [0.25, 0.3) is 0 Å². The lowest BCUT2D eigenvalue weighted by molar-refractivity contribution is -0.143. The molecule has 1 aliphatic carbocycles. The molecule has 1 saturated heterocycles. The minimum Gasteiger partial charge on any atom is -0.466 e. The van der Waals surface area contributed by atoms with Crippen LogP contribution in [0.15, 0.2) is 23.9 Å². The number of allylic oxidation sites excluding steroid dienone is 4. The van der Waals surface area contributed by atoms with Crippen LogP contribution in [0.5, 0.6) is 0 Å². The molecule has 1 aliphatic heterocycles. The zero-order valence-corrected chi connectivity index (χ0v) is 13.2. The van der Waals surface area contributed by atoms with Crippen molar-refractivity contribution in [2.45, 2.75) is 52.5 Å². The summed E-state index contributed by atoms with van der Waals surface area (Å²) in [6.45, 7) is 9.99. The molecule has 2 atom stereocenters. The summed E-state index contributed by atoms with van der Waals surface area (Å²) in [6.07, 6.45) is 9.41. The van der Waals surface area contributed by atoms with Gasteiger partial charge in [-0.2, -0.15) is 0 Å². The van der Waals surface area contributed by atoms with Crippen molar-refractivity contribution in [3.05, 3.63) is 23.9 Å². The fraction of sp³-hybridized carbons (Fsp3) is 0.706. The van der Waals surface area contributed by atoms with Gasteiger partial charge in [-0.05, 0) is 45.6 Å². The van der Waals surface area contributed by atoms with Gasteiger partial charge in [0.05, 0.1) is 13.0 Å². The van der Waals surface area contributed by atoms with Gasteiger partial charge in [0.1, 0.15) is 0 Å². The predicted octanol–water partition coefficient (Wildman–Crippen LogP) is 3.52. The Bertz CT molecular complexity index is 423. The van der Waals surface area contributed by atoms with E-state index in [0.717, 1.165) is 13.0 Å². The molecule has 0 amide bonds. The average molecular weight is 277 g/mol. The third-order valence-electron chi connectivity index (χ3n) is 4.57.